The molecule has 3 aromatic rings. The summed E-state index contributed by atoms with van der Waals surface area (Å²) in [6, 6.07) is 3.96. The molecule has 0 saturated heterocycles. The second-order valence-corrected chi connectivity index (χ2v) is 8.94. The van der Waals surface area contributed by atoms with Gasteiger partial charge in [-0.15, -0.1) is 9.81 Å². The largest absolute Gasteiger partial charge is 0.411 e. The predicted molar refractivity (Wildman–Crippen MR) is 104 cm³/mol. The van der Waals surface area contributed by atoms with E-state index in [9.17, 15) is 31.2 Å². The van der Waals surface area contributed by atoms with Gasteiger partial charge in [-0.1, -0.05) is 6.07 Å². The van der Waals surface area contributed by atoms with Gasteiger partial charge in [-0.3, -0.25) is 4.55 Å². The SMILES string of the molecule is Cc1c(S(=O)(=O)O)cc(ON)c2c(N=O)c3cc(S(=O)(=O)ON)ccc3c(N=O)c12. The molecule has 5 N–H and O–H groups in total. The van der Waals surface area contributed by atoms with Crippen molar-refractivity contribution in [2.24, 2.45) is 22.1 Å². The minimum atomic E-state index is -4.78. The van der Waals surface area contributed by atoms with Gasteiger partial charge >= 0.3 is 10.1 Å². The summed E-state index contributed by atoms with van der Waals surface area (Å²) in [5.41, 5.74) is -0.935. The summed E-state index contributed by atoms with van der Waals surface area (Å²) in [6.45, 7) is 1.25. The van der Waals surface area contributed by atoms with Crippen LogP contribution in [0.5, 0.6) is 5.75 Å². The number of nitrogens with zero attached hydrogens (tertiary/aromatic N) is 2. The molecule has 15 heteroatoms. The van der Waals surface area contributed by atoms with Gasteiger partial charge in [-0.25, -0.2) is 0 Å². The predicted octanol–water partition coefficient (Wildman–Crippen LogP) is 2.18. The molecular formula is C15H12N4O9S2. The fourth-order valence-corrected chi connectivity index (χ4v) is 4.57. The van der Waals surface area contributed by atoms with Crippen molar-refractivity contribution in [1.29, 1.82) is 0 Å². The molecule has 0 heterocycles. The summed E-state index contributed by atoms with van der Waals surface area (Å²) in [5.74, 6) is 9.52. The Morgan fingerprint density at radius 3 is 2.03 bits per heavy atom. The van der Waals surface area contributed by atoms with Crippen LogP contribution < -0.4 is 16.6 Å². The maximum Gasteiger partial charge on any atom is 0.312 e. The molecule has 0 radical (unpaired) electrons. The molecule has 0 saturated carbocycles. The second kappa shape index (κ2) is 7.31. The molecular weight excluding hydrogens is 444 g/mol. The first kappa shape index (κ1) is 21.6. The first-order valence-electron chi connectivity index (χ1n) is 7.73. The summed E-state index contributed by atoms with van der Waals surface area (Å²) >= 11 is 0. The summed E-state index contributed by atoms with van der Waals surface area (Å²) < 4.78 is 60.8. The van der Waals surface area contributed by atoms with Gasteiger partial charge in [-0.2, -0.15) is 32.9 Å². The zero-order chi connectivity index (χ0) is 22.4. The molecule has 0 fully saturated rings. The highest BCUT2D eigenvalue weighted by Gasteiger charge is 2.27. The number of nitrogens with two attached hydrogens (primary N) is 2. The standard InChI is InChI=1S/C15H12N4O9S2/c1-6-11(29(22,23)24)5-10(27-16)13-12(6)14(18-20)8-3-2-7(30(25,26)28-17)4-9(8)15(13)19-21/h2-5H,16-17H2,1H3,(H,22,23,24). The van der Waals surface area contributed by atoms with Crippen LogP contribution in [0.3, 0.4) is 0 Å². The minimum absolute atomic E-state index is 0.0402. The van der Waals surface area contributed by atoms with Gasteiger partial charge in [0, 0.05) is 22.2 Å². The van der Waals surface area contributed by atoms with Gasteiger partial charge in [0.05, 0.1) is 10.3 Å². The lowest BCUT2D eigenvalue weighted by atomic mass is 9.95. The molecule has 3 aromatic carbocycles. The van der Waals surface area contributed by atoms with Crippen LogP contribution in [0.2, 0.25) is 0 Å². The van der Waals surface area contributed by atoms with E-state index in [-0.39, 0.29) is 32.8 Å². The first-order chi connectivity index (χ1) is 14.0. The third-order valence-corrected chi connectivity index (χ3v) is 6.55. The Labute approximate surface area is 168 Å². The van der Waals surface area contributed by atoms with E-state index in [2.05, 4.69) is 19.5 Å². The normalized spacial score (nSPS) is 12.3. The van der Waals surface area contributed by atoms with Crippen molar-refractivity contribution in [2.45, 2.75) is 16.7 Å². The molecule has 0 aliphatic rings. The van der Waals surface area contributed by atoms with Crippen molar-refractivity contribution in [2.75, 3.05) is 0 Å². The number of fused-ring (bicyclic) bond motifs is 2. The van der Waals surface area contributed by atoms with Gasteiger partial charge in [0.2, 0.25) is 0 Å². The summed E-state index contributed by atoms with van der Waals surface area (Å²) in [7, 11) is -9.16. The number of nitroso groups, excluding NO2 is 2. The van der Waals surface area contributed by atoms with E-state index in [0.717, 1.165) is 24.3 Å². The molecule has 0 unspecified atom stereocenters. The Morgan fingerprint density at radius 2 is 1.53 bits per heavy atom. The third-order valence-electron chi connectivity index (χ3n) is 4.48. The third kappa shape index (κ3) is 3.18. The summed E-state index contributed by atoms with van der Waals surface area (Å²) in [5, 5.41) is 5.19. The Balaban J connectivity index is 2.71. The van der Waals surface area contributed by atoms with Crippen molar-refractivity contribution < 1.29 is 30.5 Å². The highest BCUT2D eigenvalue weighted by atomic mass is 32.2. The minimum Gasteiger partial charge on any atom is -0.411 e. The highest BCUT2D eigenvalue weighted by Crippen LogP contribution is 2.49. The topological polar surface area (TPSA) is 218 Å². The zero-order valence-electron chi connectivity index (χ0n) is 14.9. The van der Waals surface area contributed by atoms with Crippen molar-refractivity contribution in [1.82, 2.24) is 0 Å². The Bertz CT molecular complexity index is 1450. The maximum atomic E-state index is 11.9. The quantitative estimate of drug-likeness (QED) is 0.211. The van der Waals surface area contributed by atoms with E-state index in [1.807, 2.05) is 0 Å². The number of hydrogen-bond donors (Lipinski definition) is 3. The summed E-state index contributed by atoms with van der Waals surface area (Å²) in [6.07, 6.45) is 0. The van der Waals surface area contributed by atoms with E-state index in [1.165, 1.54) is 6.92 Å². The van der Waals surface area contributed by atoms with E-state index in [1.54, 1.807) is 0 Å². The van der Waals surface area contributed by atoms with Gasteiger partial charge in [0.15, 0.2) is 5.75 Å². The van der Waals surface area contributed by atoms with Crippen LogP contribution in [0.15, 0.2) is 44.4 Å². The van der Waals surface area contributed by atoms with Gasteiger partial charge < -0.3 is 4.84 Å². The fraction of sp³-hybridized carbons (Fsp3) is 0.0667. The van der Waals surface area contributed by atoms with Crippen LogP contribution >= 0.6 is 0 Å². The van der Waals surface area contributed by atoms with Crippen LogP contribution in [0.25, 0.3) is 21.5 Å². The van der Waals surface area contributed by atoms with E-state index in [4.69, 9.17) is 11.8 Å². The Kier molecular flexibility index (Phi) is 5.27. The fourth-order valence-electron chi connectivity index (χ4n) is 3.22. The first-order valence-corrected chi connectivity index (χ1v) is 10.6. The molecule has 0 aliphatic heterocycles. The maximum absolute atomic E-state index is 11.9. The lowest BCUT2D eigenvalue weighted by molar-refractivity contribution is 0.333. The lowest BCUT2D eigenvalue weighted by Crippen LogP contribution is -2.11. The monoisotopic (exact) mass is 456 g/mol. The molecule has 30 heavy (non-hydrogen) atoms. The average Bonchev–Trinajstić information content (AvgIpc) is 2.71. The van der Waals surface area contributed by atoms with Crippen LogP contribution in [0.1, 0.15) is 5.56 Å². The zero-order valence-corrected chi connectivity index (χ0v) is 16.5. The molecule has 0 bridgehead atoms. The molecule has 0 amide bonds. The van der Waals surface area contributed by atoms with E-state index < -0.39 is 41.5 Å². The highest BCUT2D eigenvalue weighted by molar-refractivity contribution is 7.86. The smallest absolute Gasteiger partial charge is 0.312 e. The number of aryl methyl sites for hydroxylation is 1. The van der Waals surface area contributed by atoms with Crippen LogP contribution in [0, 0.1) is 16.7 Å². The van der Waals surface area contributed by atoms with Crippen molar-refractivity contribution in [3.8, 4) is 5.75 Å². The van der Waals surface area contributed by atoms with Crippen LogP contribution in [0.4, 0.5) is 11.4 Å². The van der Waals surface area contributed by atoms with Gasteiger partial charge in [0.25, 0.3) is 10.1 Å². The molecule has 0 atom stereocenters. The Hall–Kier alpha value is -3.08. The number of benzene rings is 3. The molecule has 13 nitrogen and oxygen atoms in total. The van der Waals surface area contributed by atoms with Gasteiger partial charge in [0.1, 0.15) is 16.3 Å². The van der Waals surface area contributed by atoms with Crippen LogP contribution in [-0.4, -0.2) is 21.4 Å². The van der Waals surface area contributed by atoms with Crippen molar-refractivity contribution >= 4 is 53.2 Å². The molecule has 158 valence electrons. The van der Waals surface area contributed by atoms with Crippen molar-refractivity contribution in [3.05, 3.63) is 39.6 Å². The second-order valence-electron chi connectivity index (χ2n) is 5.98. The lowest BCUT2D eigenvalue weighted by Gasteiger charge is -2.16. The number of rotatable bonds is 6. The average molecular weight is 456 g/mol. The molecule has 0 aliphatic carbocycles. The van der Waals surface area contributed by atoms with Crippen LogP contribution in [-0.2, 0) is 24.5 Å². The molecule has 0 spiro atoms. The van der Waals surface area contributed by atoms with E-state index in [0.29, 0.717) is 0 Å². The Morgan fingerprint density at radius 1 is 0.933 bits per heavy atom. The summed E-state index contributed by atoms with van der Waals surface area (Å²) in [4.78, 5) is 26.9. The number of hydrogen-bond acceptors (Lipinski definition) is 12. The van der Waals surface area contributed by atoms with Gasteiger partial charge in [-0.05, 0) is 35.0 Å². The molecule has 3 rings (SSSR count). The van der Waals surface area contributed by atoms with Crippen molar-refractivity contribution in [3.63, 3.8) is 0 Å². The van der Waals surface area contributed by atoms with E-state index >= 15 is 0 Å². The molecule has 0 aromatic heterocycles.